The topological polar surface area (TPSA) is 83.7 Å². The van der Waals surface area contributed by atoms with Gasteiger partial charge in [0, 0.05) is 38.1 Å². The van der Waals surface area contributed by atoms with Crippen molar-refractivity contribution in [2.24, 2.45) is 11.7 Å². The van der Waals surface area contributed by atoms with Crippen LogP contribution in [-0.4, -0.2) is 55.8 Å². The van der Waals surface area contributed by atoms with Crippen LogP contribution in [0.2, 0.25) is 0 Å². The Morgan fingerprint density at radius 2 is 1.69 bits per heavy atom. The molecule has 1 aliphatic carbocycles. The highest BCUT2D eigenvalue weighted by Gasteiger charge is 2.34. The third kappa shape index (κ3) is 4.54. The Hall–Kier alpha value is -1.22. The summed E-state index contributed by atoms with van der Waals surface area (Å²) in [6, 6.07) is 4.90. The Morgan fingerprint density at radius 1 is 1.08 bits per heavy atom. The van der Waals surface area contributed by atoms with E-state index in [0.29, 0.717) is 19.5 Å². The van der Waals surface area contributed by atoms with Crippen molar-refractivity contribution in [2.75, 3.05) is 26.2 Å². The first kappa shape index (κ1) is 21.1. The second-order valence-corrected chi connectivity index (χ2v) is 8.74. The molecule has 1 aromatic rings. The Morgan fingerprint density at radius 3 is 2.27 bits per heavy atom. The van der Waals surface area contributed by atoms with E-state index in [1.54, 1.807) is 4.90 Å². The summed E-state index contributed by atoms with van der Waals surface area (Å²) in [5.41, 5.74) is 5.96. The number of amides is 1. The molecule has 1 aromatic carbocycles. The van der Waals surface area contributed by atoms with Gasteiger partial charge in [0.2, 0.25) is 15.9 Å². The van der Waals surface area contributed by atoms with Crippen LogP contribution in [0.5, 0.6) is 0 Å². The molecule has 26 heavy (non-hydrogen) atoms. The number of sulfonamides is 1. The SMILES string of the molecule is Cl.NC1CCCC(C(=O)N2CCN(S(=O)(=O)c3ccc(F)cc3)CC2)C1. The molecule has 3 rings (SSSR count). The molecular weight excluding hydrogens is 381 g/mol. The van der Waals surface area contributed by atoms with E-state index in [0.717, 1.165) is 31.4 Å². The standard InChI is InChI=1S/C17H24FN3O3S.ClH/c18-14-4-6-16(7-5-14)25(23,24)21-10-8-20(9-11-21)17(22)13-2-1-3-15(19)12-13;/h4-7,13,15H,1-3,8-12,19H2;1H. The molecule has 146 valence electrons. The zero-order valence-electron chi connectivity index (χ0n) is 14.5. The van der Waals surface area contributed by atoms with Crippen LogP contribution in [0.1, 0.15) is 25.7 Å². The molecule has 1 saturated heterocycles. The highest BCUT2D eigenvalue weighted by Crippen LogP contribution is 2.26. The lowest BCUT2D eigenvalue weighted by Gasteiger charge is -2.37. The Bertz CT molecular complexity index is 721. The van der Waals surface area contributed by atoms with Crippen molar-refractivity contribution in [2.45, 2.75) is 36.6 Å². The first-order valence-electron chi connectivity index (χ1n) is 8.68. The number of carbonyl (C=O) groups excluding carboxylic acids is 1. The first-order valence-corrected chi connectivity index (χ1v) is 10.1. The number of carbonyl (C=O) groups is 1. The van der Waals surface area contributed by atoms with Crippen LogP contribution in [0.4, 0.5) is 4.39 Å². The zero-order chi connectivity index (χ0) is 18.0. The minimum Gasteiger partial charge on any atom is -0.340 e. The lowest BCUT2D eigenvalue weighted by atomic mass is 9.85. The van der Waals surface area contributed by atoms with Crippen molar-refractivity contribution >= 4 is 28.3 Å². The van der Waals surface area contributed by atoms with Crippen LogP contribution in [0, 0.1) is 11.7 Å². The summed E-state index contributed by atoms with van der Waals surface area (Å²) in [6.07, 6.45) is 3.51. The van der Waals surface area contributed by atoms with Gasteiger partial charge in [-0.1, -0.05) is 6.42 Å². The molecule has 1 heterocycles. The number of nitrogens with two attached hydrogens (primary N) is 1. The van der Waals surface area contributed by atoms with E-state index in [1.807, 2.05) is 0 Å². The van der Waals surface area contributed by atoms with Crippen molar-refractivity contribution in [3.8, 4) is 0 Å². The van der Waals surface area contributed by atoms with Crippen molar-refractivity contribution in [3.63, 3.8) is 0 Å². The van der Waals surface area contributed by atoms with Gasteiger partial charge in [0.15, 0.2) is 0 Å². The lowest BCUT2D eigenvalue weighted by Crippen LogP contribution is -2.52. The Labute approximate surface area is 160 Å². The predicted molar refractivity (Wildman–Crippen MR) is 98.9 cm³/mol. The predicted octanol–water partition coefficient (Wildman–Crippen LogP) is 1.60. The van der Waals surface area contributed by atoms with Crippen molar-refractivity contribution in [1.82, 2.24) is 9.21 Å². The van der Waals surface area contributed by atoms with E-state index in [2.05, 4.69) is 0 Å². The van der Waals surface area contributed by atoms with Crippen LogP contribution in [0.15, 0.2) is 29.2 Å². The van der Waals surface area contributed by atoms with Gasteiger partial charge in [0.05, 0.1) is 4.90 Å². The Kier molecular flexibility index (Phi) is 7.01. The summed E-state index contributed by atoms with van der Waals surface area (Å²) >= 11 is 0. The smallest absolute Gasteiger partial charge is 0.243 e. The van der Waals surface area contributed by atoms with Crippen LogP contribution < -0.4 is 5.73 Å². The molecule has 0 aromatic heterocycles. The molecule has 1 saturated carbocycles. The fourth-order valence-electron chi connectivity index (χ4n) is 3.61. The minimum atomic E-state index is -3.65. The summed E-state index contributed by atoms with van der Waals surface area (Å²) in [6.45, 7) is 1.27. The summed E-state index contributed by atoms with van der Waals surface area (Å²) in [5, 5.41) is 0. The number of rotatable bonds is 3. The van der Waals surface area contributed by atoms with Crippen LogP contribution >= 0.6 is 12.4 Å². The molecule has 0 radical (unpaired) electrons. The molecule has 2 fully saturated rings. The van der Waals surface area contributed by atoms with E-state index in [-0.39, 0.29) is 48.3 Å². The highest BCUT2D eigenvalue weighted by molar-refractivity contribution is 7.89. The Balaban J connectivity index is 0.00000243. The summed E-state index contributed by atoms with van der Waals surface area (Å²) in [7, 11) is -3.65. The maximum absolute atomic E-state index is 13.0. The molecule has 1 aliphatic heterocycles. The van der Waals surface area contributed by atoms with E-state index in [9.17, 15) is 17.6 Å². The van der Waals surface area contributed by atoms with E-state index < -0.39 is 15.8 Å². The molecule has 9 heteroatoms. The van der Waals surface area contributed by atoms with Gasteiger partial charge in [-0.25, -0.2) is 12.8 Å². The number of halogens is 2. The monoisotopic (exact) mass is 405 g/mol. The number of benzene rings is 1. The normalized spacial score (nSPS) is 24.8. The lowest BCUT2D eigenvalue weighted by molar-refractivity contribution is -0.137. The number of hydrogen-bond donors (Lipinski definition) is 1. The van der Waals surface area contributed by atoms with Crippen molar-refractivity contribution in [3.05, 3.63) is 30.1 Å². The quantitative estimate of drug-likeness (QED) is 0.827. The van der Waals surface area contributed by atoms with Gasteiger partial charge in [0.1, 0.15) is 5.82 Å². The summed E-state index contributed by atoms with van der Waals surface area (Å²) < 4.78 is 39.6. The molecule has 2 unspecified atom stereocenters. The largest absolute Gasteiger partial charge is 0.340 e. The maximum atomic E-state index is 13.0. The molecule has 2 N–H and O–H groups in total. The minimum absolute atomic E-state index is 0. The molecule has 6 nitrogen and oxygen atoms in total. The van der Waals surface area contributed by atoms with Gasteiger partial charge in [-0.2, -0.15) is 4.31 Å². The highest BCUT2D eigenvalue weighted by atomic mass is 35.5. The average molecular weight is 406 g/mol. The fourth-order valence-corrected chi connectivity index (χ4v) is 5.04. The summed E-state index contributed by atoms with van der Waals surface area (Å²) in [4.78, 5) is 14.4. The van der Waals surface area contributed by atoms with Gasteiger partial charge in [-0.05, 0) is 43.5 Å². The van der Waals surface area contributed by atoms with Crippen LogP contribution in [0.3, 0.4) is 0 Å². The van der Waals surface area contributed by atoms with E-state index >= 15 is 0 Å². The van der Waals surface area contributed by atoms with Gasteiger partial charge >= 0.3 is 0 Å². The van der Waals surface area contributed by atoms with Gasteiger partial charge in [-0.15, -0.1) is 12.4 Å². The van der Waals surface area contributed by atoms with Gasteiger partial charge < -0.3 is 10.6 Å². The molecule has 0 bridgehead atoms. The summed E-state index contributed by atoms with van der Waals surface area (Å²) in [5.74, 6) is -0.418. The molecule has 2 atom stereocenters. The number of piperazine rings is 1. The molecule has 1 amide bonds. The van der Waals surface area contributed by atoms with Crippen molar-refractivity contribution < 1.29 is 17.6 Å². The first-order chi connectivity index (χ1) is 11.9. The van der Waals surface area contributed by atoms with E-state index in [4.69, 9.17) is 5.73 Å². The third-order valence-electron chi connectivity index (χ3n) is 5.07. The molecule has 2 aliphatic rings. The molecule has 0 spiro atoms. The third-order valence-corrected chi connectivity index (χ3v) is 6.98. The number of hydrogen-bond acceptors (Lipinski definition) is 4. The van der Waals surface area contributed by atoms with Gasteiger partial charge in [-0.3, -0.25) is 4.79 Å². The van der Waals surface area contributed by atoms with Crippen molar-refractivity contribution in [1.29, 1.82) is 0 Å². The second kappa shape index (κ2) is 8.65. The zero-order valence-corrected chi connectivity index (χ0v) is 16.1. The number of nitrogens with zero attached hydrogens (tertiary/aromatic N) is 2. The van der Waals surface area contributed by atoms with E-state index in [1.165, 1.54) is 16.4 Å². The average Bonchev–Trinajstić information content (AvgIpc) is 2.61. The fraction of sp³-hybridized carbons (Fsp3) is 0.588. The molecular formula is C17H25ClFN3O3S. The second-order valence-electron chi connectivity index (χ2n) is 6.81. The maximum Gasteiger partial charge on any atom is 0.243 e. The van der Waals surface area contributed by atoms with Crippen LogP contribution in [-0.2, 0) is 14.8 Å². The van der Waals surface area contributed by atoms with Gasteiger partial charge in [0.25, 0.3) is 0 Å². The van der Waals surface area contributed by atoms with Crippen LogP contribution in [0.25, 0.3) is 0 Å².